The molecule has 1 amide bonds. The summed E-state index contributed by atoms with van der Waals surface area (Å²) in [5.74, 6) is -1.71. The van der Waals surface area contributed by atoms with Gasteiger partial charge in [0.05, 0.1) is 43.5 Å². The number of anilines is 1. The van der Waals surface area contributed by atoms with Gasteiger partial charge in [-0.15, -0.1) is 11.3 Å². The van der Waals surface area contributed by atoms with Crippen molar-refractivity contribution in [2.24, 2.45) is 0 Å². The molecule has 11 heteroatoms. The molecule has 34 heavy (non-hydrogen) atoms. The average molecular weight is 501 g/mol. The van der Waals surface area contributed by atoms with Gasteiger partial charge in [-0.25, -0.2) is 9.78 Å². The molecular formula is C23H20N2O7S2. The zero-order valence-electron chi connectivity index (χ0n) is 18.6. The maximum atomic E-state index is 13.4. The van der Waals surface area contributed by atoms with Crippen molar-refractivity contribution in [3.8, 4) is 11.5 Å². The Hall–Kier alpha value is -3.70. The monoisotopic (exact) mass is 500 g/mol. The highest BCUT2D eigenvalue weighted by molar-refractivity contribution is 7.17. The molecule has 1 aromatic carbocycles. The summed E-state index contributed by atoms with van der Waals surface area (Å²) in [6, 6.07) is 7.27. The van der Waals surface area contributed by atoms with Crippen LogP contribution in [0.2, 0.25) is 0 Å². The fourth-order valence-electron chi connectivity index (χ4n) is 3.68. The van der Waals surface area contributed by atoms with Crippen LogP contribution in [0.15, 0.2) is 47.0 Å². The number of hydrogen-bond donors (Lipinski definition) is 1. The summed E-state index contributed by atoms with van der Waals surface area (Å²) < 4.78 is 15.5. The molecular weight excluding hydrogens is 480 g/mol. The minimum absolute atomic E-state index is 0.0906. The lowest BCUT2D eigenvalue weighted by molar-refractivity contribution is -0.117. The van der Waals surface area contributed by atoms with Gasteiger partial charge in [-0.3, -0.25) is 14.5 Å². The number of esters is 1. The quantitative estimate of drug-likeness (QED) is 0.381. The number of rotatable bonds is 7. The Morgan fingerprint density at radius 2 is 1.85 bits per heavy atom. The molecule has 1 aliphatic rings. The van der Waals surface area contributed by atoms with Crippen molar-refractivity contribution in [1.29, 1.82) is 0 Å². The number of thiophene rings is 1. The average Bonchev–Trinajstić information content (AvgIpc) is 3.57. The lowest BCUT2D eigenvalue weighted by Gasteiger charge is -2.25. The first-order valence-electron chi connectivity index (χ1n) is 9.94. The van der Waals surface area contributed by atoms with Crippen LogP contribution in [0.4, 0.5) is 5.13 Å². The number of carbonyl (C=O) groups is 3. The summed E-state index contributed by atoms with van der Waals surface area (Å²) in [5, 5.41) is 12.7. The highest BCUT2D eigenvalue weighted by atomic mass is 32.1. The van der Waals surface area contributed by atoms with Crippen LogP contribution in [0.3, 0.4) is 0 Å². The van der Waals surface area contributed by atoms with Gasteiger partial charge in [-0.1, -0.05) is 23.5 Å². The number of aryl methyl sites for hydroxylation is 1. The maximum absolute atomic E-state index is 13.4. The molecule has 3 heterocycles. The predicted molar refractivity (Wildman–Crippen MR) is 126 cm³/mol. The molecule has 0 fully saturated rings. The SMILES string of the molecule is COC(=O)c1sc(N2C(=O)C(O)=C(C(=O)c3cccs3)[C@H]2c2ccc(OC)c(OC)c2)nc1C. The van der Waals surface area contributed by atoms with E-state index >= 15 is 0 Å². The number of ether oxygens (including phenoxy) is 3. The Morgan fingerprint density at radius 3 is 2.47 bits per heavy atom. The second-order valence-corrected chi connectivity index (χ2v) is 9.09. The van der Waals surface area contributed by atoms with Crippen molar-refractivity contribution in [1.82, 2.24) is 4.98 Å². The number of methoxy groups -OCH3 is 3. The number of aromatic nitrogens is 1. The van der Waals surface area contributed by atoms with Crippen LogP contribution in [0, 0.1) is 6.92 Å². The number of hydrogen-bond acceptors (Lipinski definition) is 10. The fraction of sp³-hybridized carbons (Fsp3) is 0.217. The molecule has 3 aromatic rings. The molecule has 0 spiro atoms. The van der Waals surface area contributed by atoms with Crippen LogP contribution >= 0.6 is 22.7 Å². The van der Waals surface area contributed by atoms with E-state index in [0.717, 1.165) is 11.3 Å². The van der Waals surface area contributed by atoms with Crippen molar-refractivity contribution in [3.05, 3.63) is 68.1 Å². The Balaban J connectivity index is 1.90. The number of carbonyl (C=O) groups excluding carboxylic acids is 3. The molecule has 0 radical (unpaired) electrons. The second kappa shape index (κ2) is 9.27. The number of amides is 1. The van der Waals surface area contributed by atoms with Gasteiger partial charge in [0, 0.05) is 0 Å². The van der Waals surface area contributed by atoms with Crippen LogP contribution in [0.1, 0.15) is 36.6 Å². The summed E-state index contributed by atoms with van der Waals surface area (Å²) in [6.45, 7) is 1.61. The lowest BCUT2D eigenvalue weighted by atomic mass is 9.95. The fourth-order valence-corrected chi connectivity index (χ4v) is 5.37. The third-order valence-electron chi connectivity index (χ3n) is 5.28. The lowest BCUT2D eigenvalue weighted by Crippen LogP contribution is -2.31. The Labute approximate surface area is 202 Å². The van der Waals surface area contributed by atoms with Crippen LogP contribution in [-0.2, 0) is 9.53 Å². The smallest absolute Gasteiger partial charge is 0.350 e. The standard InChI is InChI=1S/C23H20N2O7S2/c1-11-20(22(29)32-4)34-23(24-11)25-17(12-7-8-13(30-2)14(10-12)31-3)16(19(27)21(25)28)18(26)15-6-5-9-33-15/h5-10,17,27H,1-4H3/t17-/m1/s1. The summed E-state index contributed by atoms with van der Waals surface area (Å²) in [4.78, 5) is 45.0. The number of aliphatic hydroxyl groups excluding tert-OH is 1. The van der Waals surface area contributed by atoms with Gasteiger partial charge in [0.25, 0.3) is 5.91 Å². The van der Waals surface area contributed by atoms with Crippen molar-refractivity contribution < 1.29 is 33.7 Å². The van der Waals surface area contributed by atoms with E-state index in [0.29, 0.717) is 27.6 Å². The Morgan fingerprint density at radius 1 is 1.12 bits per heavy atom. The summed E-state index contributed by atoms with van der Waals surface area (Å²) in [5.41, 5.74) is 0.762. The first-order chi connectivity index (χ1) is 16.3. The van der Waals surface area contributed by atoms with E-state index in [1.807, 2.05) is 0 Å². The number of thiazole rings is 1. The van der Waals surface area contributed by atoms with Crippen LogP contribution in [0.5, 0.6) is 11.5 Å². The minimum Gasteiger partial charge on any atom is -0.503 e. The predicted octanol–water partition coefficient (Wildman–Crippen LogP) is 4.10. The topological polar surface area (TPSA) is 115 Å². The molecule has 0 bridgehead atoms. The van der Waals surface area contributed by atoms with E-state index in [4.69, 9.17) is 14.2 Å². The van der Waals surface area contributed by atoms with Gasteiger partial charge in [-0.2, -0.15) is 0 Å². The molecule has 1 N–H and O–H groups in total. The molecule has 0 saturated carbocycles. The van der Waals surface area contributed by atoms with Gasteiger partial charge in [0.2, 0.25) is 5.78 Å². The zero-order valence-corrected chi connectivity index (χ0v) is 20.3. The maximum Gasteiger partial charge on any atom is 0.350 e. The molecule has 0 saturated heterocycles. The zero-order chi connectivity index (χ0) is 24.6. The van der Waals surface area contributed by atoms with E-state index in [-0.39, 0.29) is 15.6 Å². The highest BCUT2D eigenvalue weighted by Crippen LogP contribution is 2.45. The van der Waals surface area contributed by atoms with Crippen molar-refractivity contribution in [2.75, 3.05) is 26.2 Å². The van der Waals surface area contributed by atoms with Crippen molar-refractivity contribution in [2.45, 2.75) is 13.0 Å². The van der Waals surface area contributed by atoms with Crippen molar-refractivity contribution in [3.63, 3.8) is 0 Å². The highest BCUT2D eigenvalue weighted by Gasteiger charge is 2.46. The number of ketones is 1. The summed E-state index contributed by atoms with van der Waals surface area (Å²) >= 11 is 2.14. The molecule has 0 unspecified atom stereocenters. The van der Waals surface area contributed by atoms with Crippen LogP contribution in [0.25, 0.3) is 0 Å². The molecule has 1 atom stereocenters. The largest absolute Gasteiger partial charge is 0.503 e. The van der Waals surface area contributed by atoms with Crippen LogP contribution in [-0.4, -0.2) is 49.1 Å². The molecule has 0 aliphatic carbocycles. The number of aliphatic hydroxyl groups is 1. The third-order valence-corrected chi connectivity index (χ3v) is 7.29. The summed E-state index contributed by atoms with van der Waals surface area (Å²) in [7, 11) is 4.21. The third kappa shape index (κ3) is 3.82. The molecule has 9 nitrogen and oxygen atoms in total. The first kappa shape index (κ1) is 23.5. The number of nitrogens with zero attached hydrogens (tertiary/aromatic N) is 2. The molecule has 176 valence electrons. The minimum atomic E-state index is -1.02. The first-order valence-corrected chi connectivity index (χ1v) is 11.6. The van der Waals surface area contributed by atoms with E-state index in [9.17, 15) is 19.5 Å². The van der Waals surface area contributed by atoms with Gasteiger partial charge in [0.1, 0.15) is 4.88 Å². The van der Waals surface area contributed by atoms with E-state index < -0.39 is 29.5 Å². The van der Waals surface area contributed by atoms with Crippen molar-refractivity contribution >= 4 is 45.5 Å². The number of Topliss-reactive ketones (excluding diaryl/α,β-unsaturated/α-hetero) is 1. The van der Waals surface area contributed by atoms with E-state index in [1.165, 1.54) is 37.6 Å². The van der Waals surface area contributed by atoms with Gasteiger partial charge in [-0.05, 0) is 36.1 Å². The van der Waals surface area contributed by atoms with E-state index in [2.05, 4.69) is 4.98 Å². The Bertz CT molecular complexity index is 1310. The summed E-state index contributed by atoms with van der Waals surface area (Å²) in [6.07, 6.45) is 0. The molecule has 4 rings (SSSR count). The van der Waals surface area contributed by atoms with Gasteiger partial charge >= 0.3 is 5.97 Å². The number of benzene rings is 1. The molecule has 1 aliphatic heterocycles. The normalized spacial score (nSPS) is 15.6. The van der Waals surface area contributed by atoms with Gasteiger partial charge < -0.3 is 19.3 Å². The van der Waals surface area contributed by atoms with Gasteiger partial charge in [0.15, 0.2) is 22.4 Å². The second-order valence-electron chi connectivity index (χ2n) is 7.16. The molecule has 2 aromatic heterocycles. The Kier molecular flexibility index (Phi) is 6.40. The van der Waals surface area contributed by atoms with E-state index in [1.54, 1.807) is 42.6 Å². The van der Waals surface area contributed by atoms with Crippen LogP contribution < -0.4 is 14.4 Å².